The van der Waals surface area contributed by atoms with Crippen LogP contribution in [-0.2, 0) is 4.74 Å². The van der Waals surface area contributed by atoms with Crippen LogP contribution in [0.15, 0.2) is 12.3 Å². The topological polar surface area (TPSA) is 88.7 Å². The Morgan fingerprint density at radius 3 is 2.84 bits per heavy atom. The highest BCUT2D eigenvalue weighted by atomic mass is 16.5. The van der Waals surface area contributed by atoms with E-state index in [9.17, 15) is 4.79 Å². The first-order valence-corrected chi connectivity index (χ1v) is 6.26. The van der Waals surface area contributed by atoms with Crippen molar-refractivity contribution in [1.29, 1.82) is 0 Å². The fourth-order valence-corrected chi connectivity index (χ4v) is 1.70. The summed E-state index contributed by atoms with van der Waals surface area (Å²) in [5, 5.41) is 8.71. The molecule has 0 aliphatic rings. The van der Waals surface area contributed by atoms with E-state index in [-0.39, 0.29) is 6.61 Å². The summed E-state index contributed by atoms with van der Waals surface area (Å²) in [4.78, 5) is 17.7. The minimum absolute atomic E-state index is 0.219. The van der Waals surface area contributed by atoms with Gasteiger partial charge in [-0.15, -0.1) is 0 Å². The molecule has 0 fully saturated rings. The molecule has 0 saturated heterocycles. The molecule has 0 atom stereocenters. The second kappa shape index (κ2) is 7.58. The molecule has 6 heteroatoms. The van der Waals surface area contributed by atoms with Gasteiger partial charge in [0.15, 0.2) is 0 Å². The largest absolute Gasteiger partial charge is 0.465 e. The van der Waals surface area contributed by atoms with Crippen LogP contribution < -0.4 is 10.6 Å². The van der Waals surface area contributed by atoms with Crippen LogP contribution in [0.4, 0.5) is 11.5 Å². The Morgan fingerprint density at radius 1 is 1.47 bits per heavy atom. The normalized spacial score (nSPS) is 10.3. The zero-order chi connectivity index (χ0) is 14.3. The minimum atomic E-state index is -0.463. The number of nitrogens with zero attached hydrogens (tertiary/aromatic N) is 2. The maximum Gasteiger partial charge on any atom is 0.340 e. The molecule has 0 saturated carbocycles. The first-order valence-electron chi connectivity index (χ1n) is 6.26. The highest BCUT2D eigenvalue weighted by molar-refractivity contribution is 5.95. The lowest BCUT2D eigenvalue weighted by Gasteiger charge is -2.18. The zero-order valence-electron chi connectivity index (χ0n) is 11.4. The van der Waals surface area contributed by atoms with E-state index in [0.29, 0.717) is 17.1 Å². The molecule has 0 bridgehead atoms. The van der Waals surface area contributed by atoms with Gasteiger partial charge in [-0.05, 0) is 25.3 Å². The molecule has 0 aromatic carbocycles. The van der Waals surface area contributed by atoms with Gasteiger partial charge in [0.2, 0.25) is 0 Å². The number of aromatic nitrogens is 1. The Labute approximate surface area is 113 Å². The molecule has 1 rings (SSSR count). The molecular formula is C13H21N3O3. The van der Waals surface area contributed by atoms with Gasteiger partial charge >= 0.3 is 5.97 Å². The van der Waals surface area contributed by atoms with Gasteiger partial charge in [0.05, 0.1) is 24.6 Å². The lowest BCUT2D eigenvalue weighted by molar-refractivity contribution is 0.0602. The van der Waals surface area contributed by atoms with Gasteiger partial charge < -0.3 is 20.5 Å². The molecule has 106 valence electrons. The number of aliphatic hydroxyl groups is 1. The van der Waals surface area contributed by atoms with Crippen LogP contribution in [0.2, 0.25) is 0 Å². The van der Waals surface area contributed by atoms with Crippen LogP contribution in [0.1, 0.15) is 29.6 Å². The molecule has 1 aromatic rings. The van der Waals surface area contributed by atoms with Gasteiger partial charge in [-0.1, -0.05) is 0 Å². The monoisotopic (exact) mass is 267 g/mol. The van der Waals surface area contributed by atoms with Crippen LogP contribution in [0, 0.1) is 0 Å². The smallest absolute Gasteiger partial charge is 0.340 e. The third kappa shape index (κ3) is 4.40. The van der Waals surface area contributed by atoms with Gasteiger partial charge in [0.25, 0.3) is 0 Å². The van der Waals surface area contributed by atoms with Crippen molar-refractivity contribution in [3.63, 3.8) is 0 Å². The van der Waals surface area contributed by atoms with E-state index < -0.39 is 5.97 Å². The third-order valence-corrected chi connectivity index (χ3v) is 2.87. The van der Waals surface area contributed by atoms with Crippen LogP contribution >= 0.6 is 0 Å². The van der Waals surface area contributed by atoms with Crippen molar-refractivity contribution in [3.05, 3.63) is 17.8 Å². The average Bonchev–Trinajstić information content (AvgIpc) is 2.43. The Morgan fingerprint density at radius 2 is 2.21 bits per heavy atom. The first-order chi connectivity index (χ1) is 9.10. The summed E-state index contributed by atoms with van der Waals surface area (Å²) in [5.41, 5.74) is 6.33. The third-order valence-electron chi connectivity index (χ3n) is 2.87. The Kier molecular flexibility index (Phi) is 6.08. The fourth-order valence-electron chi connectivity index (χ4n) is 1.70. The summed E-state index contributed by atoms with van der Waals surface area (Å²) in [7, 11) is 3.22. The summed E-state index contributed by atoms with van der Waals surface area (Å²) >= 11 is 0. The molecule has 3 N–H and O–H groups in total. The number of carbonyl (C=O) groups excluding carboxylic acids is 1. The van der Waals surface area contributed by atoms with Crippen LogP contribution in [-0.4, -0.2) is 43.4 Å². The summed E-state index contributed by atoms with van der Waals surface area (Å²) in [5.74, 6) is 0.216. The van der Waals surface area contributed by atoms with E-state index in [2.05, 4.69) is 9.72 Å². The number of methoxy groups -OCH3 is 1. The Bertz CT molecular complexity index is 424. The van der Waals surface area contributed by atoms with Crippen molar-refractivity contribution in [2.75, 3.05) is 37.9 Å². The van der Waals surface area contributed by atoms with Gasteiger partial charge in [0.1, 0.15) is 5.82 Å². The highest BCUT2D eigenvalue weighted by Gasteiger charge is 2.13. The average molecular weight is 267 g/mol. The number of hydrogen-bond donors (Lipinski definition) is 2. The fraction of sp³-hybridized carbons (Fsp3) is 0.538. The molecule has 0 spiro atoms. The van der Waals surface area contributed by atoms with E-state index in [1.807, 2.05) is 11.9 Å². The van der Waals surface area contributed by atoms with E-state index in [4.69, 9.17) is 10.8 Å². The number of pyridine rings is 1. The van der Waals surface area contributed by atoms with Crippen molar-refractivity contribution in [2.24, 2.45) is 0 Å². The number of aliphatic hydroxyl groups excluding tert-OH is 1. The molecule has 1 heterocycles. The SMILES string of the molecule is COC(=O)c1cc(N(C)CCCCCO)ncc1N. The number of anilines is 2. The predicted molar refractivity (Wildman–Crippen MR) is 74.2 cm³/mol. The van der Waals surface area contributed by atoms with Crippen molar-refractivity contribution in [1.82, 2.24) is 4.98 Å². The summed E-state index contributed by atoms with van der Waals surface area (Å²) in [6.07, 6.45) is 4.18. The van der Waals surface area contributed by atoms with Crippen LogP contribution in [0.3, 0.4) is 0 Å². The van der Waals surface area contributed by atoms with Crippen molar-refractivity contribution in [3.8, 4) is 0 Å². The van der Waals surface area contributed by atoms with Crippen LogP contribution in [0.25, 0.3) is 0 Å². The Hall–Kier alpha value is -1.82. The number of rotatable bonds is 7. The minimum Gasteiger partial charge on any atom is -0.465 e. The maximum atomic E-state index is 11.5. The molecule has 0 radical (unpaired) electrons. The molecule has 19 heavy (non-hydrogen) atoms. The number of esters is 1. The number of ether oxygens (including phenoxy) is 1. The number of nitrogens with two attached hydrogens (primary N) is 1. The summed E-state index contributed by atoms with van der Waals surface area (Å²) in [6, 6.07) is 1.63. The predicted octanol–water partition coefficient (Wildman–Crippen LogP) is 1.05. The second-order valence-corrected chi connectivity index (χ2v) is 4.33. The number of carbonyl (C=O) groups is 1. The summed E-state index contributed by atoms with van der Waals surface area (Å²) in [6.45, 7) is 1.02. The van der Waals surface area contributed by atoms with Gasteiger partial charge in [-0.3, -0.25) is 0 Å². The van der Waals surface area contributed by atoms with Crippen molar-refractivity contribution in [2.45, 2.75) is 19.3 Å². The number of nitrogen functional groups attached to an aromatic ring is 1. The van der Waals surface area contributed by atoms with Gasteiger partial charge in [0, 0.05) is 20.2 Å². The van der Waals surface area contributed by atoms with Crippen molar-refractivity contribution >= 4 is 17.5 Å². The van der Waals surface area contributed by atoms with E-state index >= 15 is 0 Å². The lowest BCUT2D eigenvalue weighted by Crippen LogP contribution is -2.20. The first kappa shape index (κ1) is 15.2. The molecule has 0 aliphatic carbocycles. The number of hydrogen-bond acceptors (Lipinski definition) is 6. The van der Waals surface area contributed by atoms with Gasteiger partial charge in [-0.2, -0.15) is 0 Å². The molecule has 1 aromatic heterocycles. The van der Waals surface area contributed by atoms with E-state index in [1.165, 1.54) is 13.3 Å². The second-order valence-electron chi connectivity index (χ2n) is 4.33. The molecular weight excluding hydrogens is 246 g/mol. The highest BCUT2D eigenvalue weighted by Crippen LogP contribution is 2.18. The molecule has 6 nitrogen and oxygen atoms in total. The number of unbranched alkanes of at least 4 members (excludes halogenated alkanes) is 2. The standard InChI is InChI=1S/C13H21N3O3/c1-16(6-4-3-5-7-17)12-8-10(13(18)19-2)11(14)9-15-12/h8-9,17H,3-7,14H2,1-2H3. The molecule has 0 amide bonds. The van der Waals surface area contributed by atoms with Gasteiger partial charge in [-0.25, -0.2) is 9.78 Å². The summed E-state index contributed by atoms with van der Waals surface area (Å²) < 4.78 is 4.67. The van der Waals surface area contributed by atoms with E-state index in [1.54, 1.807) is 6.07 Å². The zero-order valence-corrected chi connectivity index (χ0v) is 11.4. The van der Waals surface area contributed by atoms with Crippen molar-refractivity contribution < 1.29 is 14.6 Å². The molecule has 0 aliphatic heterocycles. The van der Waals surface area contributed by atoms with Crippen LogP contribution in [0.5, 0.6) is 0 Å². The van der Waals surface area contributed by atoms with E-state index in [0.717, 1.165) is 25.8 Å². The Balaban J connectivity index is 2.69. The lowest BCUT2D eigenvalue weighted by atomic mass is 10.2. The molecule has 0 unspecified atom stereocenters. The maximum absolute atomic E-state index is 11.5. The quantitative estimate of drug-likeness (QED) is 0.567.